The van der Waals surface area contributed by atoms with Crippen LogP contribution in [0.5, 0.6) is 5.75 Å². The van der Waals surface area contributed by atoms with Crippen LogP contribution in [0, 0.1) is 0 Å². The molecule has 0 aliphatic rings. The highest BCUT2D eigenvalue weighted by Crippen LogP contribution is 2.12. The number of phenolic OH excluding ortho intramolecular Hbond substituents is 1. The summed E-state index contributed by atoms with van der Waals surface area (Å²) in [4.78, 5) is 71.9. The van der Waals surface area contributed by atoms with E-state index >= 15 is 0 Å². The zero-order chi connectivity index (χ0) is 28.8. The monoisotopic (exact) mass is 556 g/mol. The van der Waals surface area contributed by atoms with E-state index in [-0.39, 0.29) is 25.0 Å². The number of hydrogen-bond donors (Lipinski definition) is 8. The van der Waals surface area contributed by atoms with Crippen molar-refractivity contribution < 1.29 is 49.2 Å². The Hall–Kier alpha value is -3.85. The number of rotatable bonds is 17. The molecule has 4 atom stereocenters. The Balaban J connectivity index is 2.99. The Morgan fingerprint density at radius 3 is 1.89 bits per heavy atom. The summed E-state index contributed by atoms with van der Waals surface area (Å²) in [5.41, 5.74) is 6.14. The van der Waals surface area contributed by atoms with E-state index in [0.29, 0.717) is 11.3 Å². The third-order valence-corrected chi connectivity index (χ3v) is 5.90. The minimum Gasteiger partial charge on any atom is -0.508 e. The van der Waals surface area contributed by atoms with Crippen LogP contribution in [0.15, 0.2) is 24.3 Å². The van der Waals surface area contributed by atoms with Gasteiger partial charge >= 0.3 is 17.9 Å². The van der Waals surface area contributed by atoms with Gasteiger partial charge in [0.05, 0.1) is 12.5 Å². The average molecular weight is 557 g/mol. The van der Waals surface area contributed by atoms with Gasteiger partial charge in [0.2, 0.25) is 17.7 Å². The fourth-order valence-corrected chi connectivity index (χ4v) is 3.66. The molecule has 210 valence electrons. The van der Waals surface area contributed by atoms with Crippen molar-refractivity contribution in [2.45, 2.75) is 56.3 Å². The van der Waals surface area contributed by atoms with Crippen LogP contribution in [0.3, 0.4) is 0 Å². The molecule has 0 spiro atoms. The topological polar surface area (TPSA) is 245 Å². The number of benzene rings is 1. The largest absolute Gasteiger partial charge is 0.508 e. The van der Waals surface area contributed by atoms with Gasteiger partial charge in [-0.25, -0.2) is 4.79 Å². The molecule has 0 aliphatic heterocycles. The van der Waals surface area contributed by atoms with Crippen LogP contribution in [-0.4, -0.2) is 92.2 Å². The van der Waals surface area contributed by atoms with Gasteiger partial charge in [0.1, 0.15) is 23.9 Å². The SMILES string of the molecule is CSCCC(NC(=O)C(CC(=O)O)NC(=O)C(N)CCC(=O)O)C(=O)NC(Cc1ccc(O)cc1)C(=O)O. The molecule has 38 heavy (non-hydrogen) atoms. The van der Waals surface area contributed by atoms with Gasteiger partial charge in [0.15, 0.2) is 0 Å². The number of thioether (sulfide) groups is 1. The van der Waals surface area contributed by atoms with Gasteiger partial charge in [0, 0.05) is 12.8 Å². The van der Waals surface area contributed by atoms with E-state index in [1.165, 1.54) is 36.0 Å². The molecule has 0 heterocycles. The number of carboxylic acids is 3. The summed E-state index contributed by atoms with van der Waals surface area (Å²) in [7, 11) is 0. The first kappa shape index (κ1) is 32.2. The number of carboxylic acid groups (broad SMARTS) is 3. The first-order valence-corrected chi connectivity index (χ1v) is 12.8. The normalized spacial score (nSPS) is 13.8. The van der Waals surface area contributed by atoms with Crippen LogP contribution < -0.4 is 21.7 Å². The number of nitrogens with one attached hydrogen (secondary N) is 3. The molecule has 14 nitrogen and oxygen atoms in total. The number of nitrogens with two attached hydrogens (primary N) is 1. The van der Waals surface area contributed by atoms with Gasteiger partial charge in [-0.2, -0.15) is 11.8 Å². The zero-order valence-corrected chi connectivity index (χ0v) is 21.4. The predicted molar refractivity (Wildman–Crippen MR) is 135 cm³/mol. The lowest BCUT2D eigenvalue weighted by Crippen LogP contribution is -2.57. The average Bonchev–Trinajstić information content (AvgIpc) is 2.84. The third-order valence-electron chi connectivity index (χ3n) is 5.25. The second-order valence-electron chi connectivity index (χ2n) is 8.31. The summed E-state index contributed by atoms with van der Waals surface area (Å²) in [5, 5.41) is 43.8. The van der Waals surface area contributed by atoms with Gasteiger partial charge in [-0.05, 0) is 42.5 Å². The molecule has 0 fully saturated rings. The third kappa shape index (κ3) is 11.9. The van der Waals surface area contributed by atoms with E-state index in [4.69, 9.17) is 10.8 Å². The number of hydrogen-bond acceptors (Lipinski definition) is 9. The van der Waals surface area contributed by atoms with Crippen molar-refractivity contribution >= 4 is 47.4 Å². The lowest BCUT2D eigenvalue weighted by molar-refractivity contribution is -0.143. The number of carbonyl (C=O) groups is 6. The Morgan fingerprint density at radius 2 is 1.37 bits per heavy atom. The Morgan fingerprint density at radius 1 is 0.816 bits per heavy atom. The number of carbonyl (C=O) groups excluding carboxylic acids is 3. The fourth-order valence-electron chi connectivity index (χ4n) is 3.19. The molecular weight excluding hydrogens is 524 g/mol. The van der Waals surface area contributed by atoms with E-state index in [9.17, 15) is 44.1 Å². The van der Waals surface area contributed by atoms with Crippen LogP contribution >= 0.6 is 11.8 Å². The van der Waals surface area contributed by atoms with E-state index < -0.39 is 72.6 Å². The molecule has 1 aromatic carbocycles. The van der Waals surface area contributed by atoms with Crippen molar-refractivity contribution in [3.63, 3.8) is 0 Å². The molecule has 15 heteroatoms. The van der Waals surface area contributed by atoms with Crippen molar-refractivity contribution in [2.75, 3.05) is 12.0 Å². The predicted octanol–water partition coefficient (Wildman–Crippen LogP) is -1.11. The highest BCUT2D eigenvalue weighted by Gasteiger charge is 2.31. The van der Waals surface area contributed by atoms with E-state index in [0.717, 1.165) is 0 Å². The number of aliphatic carboxylic acids is 3. The first-order valence-electron chi connectivity index (χ1n) is 11.4. The van der Waals surface area contributed by atoms with Gasteiger partial charge in [-0.1, -0.05) is 12.1 Å². The molecule has 0 bridgehead atoms. The summed E-state index contributed by atoms with van der Waals surface area (Å²) in [5.74, 6) is -6.41. The molecule has 0 radical (unpaired) electrons. The number of phenols is 1. The minimum atomic E-state index is -1.63. The molecular formula is C23H32N4O10S. The summed E-state index contributed by atoms with van der Waals surface area (Å²) in [6.07, 6.45) is 0.175. The molecule has 4 unspecified atom stereocenters. The van der Waals surface area contributed by atoms with Crippen LogP contribution in [0.1, 0.15) is 31.2 Å². The van der Waals surface area contributed by atoms with E-state index in [2.05, 4.69) is 16.0 Å². The summed E-state index contributed by atoms with van der Waals surface area (Å²) in [6.45, 7) is 0. The van der Waals surface area contributed by atoms with Gasteiger partial charge in [0.25, 0.3) is 0 Å². The zero-order valence-electron chi connectivity index (χ0n) is 20.6. The Bertz CT molecular complexity index is 1000. The lowest BCUT2D eigenvalue weighted by atomic mass is 10.0. The molecule has 9 N–H and O–H groups in total. The fraction of sp³-hybridized carbons (Fsp3) is 0.478. The van der Waals surface area contributed by atoms with Gasteiger partial charge in [-0.3, -0.25) is 24.0 Å². The lowest BCUT2D eigenvalue weighted by Gasteiger charge is -2.24. The molecule has 3 amide bonds. The maximum absolute atomic E-state index is 13.0. The second-order valence-corrected chi connectivity index (χ2v) is 9.30. The number of amides is 3. The van der Waals surface area contributed by atoms with Crippen LogP contribution in [0.2, 0.25) is 0 Å². The van der Waals surface area contributed by atoms with Crippen molar-refractivity contribution in [2.24, 2.45) is 5.73 Å². The van der Waals surface area contributed by atoms with E-state index in [1.54, 1.807) is 6.26 Å². The molecule has 0 saturated carbocycles. The quantitative estimate of drug-likeness (QED) is 0.114. The Kier molecular flexibility index (Phi) is 13.6. The number of aromatic hydroxyl groups is 1. The summed E-state index contributed by atoms with van der Waals surface area (Å²) >= 11 is 1.35. The smallest absolute Gasteiger partial charge is 0.326 e. The minimum absolute atomic E-state index is 0.0182. The molecule has 1 rings (SSSR count). The highest BCUT2D eigenvalue weighted by molar-refractivity contribution is 7.98. The van der Waals surface area contributed by atoms with Crippen LogP contribution in [0.4, 0.5) is 0 Å². The van der Waals surface area contributed by atoms with Crippen LogP contribution in [0.25, 0.3) is 0 Å². The molecule has 0 aliphatic carbocycles. The van der Waals surface area contributed by atoms with Gasteiger partial charge in [-0.15, -0.1) is 0 Å². The first-order chi connectivity index (χ1) is 17.8. The van der Waals surface area contributed by atoms with Crippen molar-refractivity contribution in [1.29, 1.82) is 0 Å². The van der Waals surface area contributed by atoms with E-state index in [1.807, 2.05) is 0 Å². The maximum atomic E-state index is 13.0. The molecule has 1 aromatic rings. The standard InChI is InChI=1S/C23H32N4O10S/c1-38-9-8-15(21(34)27-17(23(36)37)10-12-2-4-13(28)5-3-12)25-22(35)16(11-19(31)32)26-20(33)14(24)6-7-18(29)30/h2-5,14-17,28H,6-11,24H2,1H3,(H,25,35)(H,26,33)(H,27,34)(H,29,30)(H,31,32)(H,36,37). The Labute approximate surface area is 222 Å². The van der Waals surface area contributed by atoms with Gasteiger partial charge < -0.3 is 42.1 Å². The highest BCUT2D eigenvalue weighted by atomic mass is 32.2. The van der Waals surface area contributed by atoms with Crippen LogP contribution in [-0.2, 0) is 35.2 Å². The summed E-state index contributed by atoms with van der Waals surface area (Å²) < 4.78 is 0. The molecule has 0 aromatic heterocycles. The van der Waals surface area contributed by atoms with Crippen molar-refractivity contribution in [3.8, 4) is 5.75 Å². The van der Waals surface area contributed by atoms with Crippen molar-refractivity contribution in [1.82, 2.24) is 16.0 Å². The molecule has 0 saturated heterocycles. The maximum Gasteiger partial charge on any atom is 0.326 e. The second kappa shape index (κ2) is 16.1. The summed E-state index contributed by atoms with van der Waals surface area (Å²) in [6, 6.07) is 0.127. The van der Waals surface area contributed by atoms with Crippen molar-refractivity contribution in [3.05, 3.63) is 29.8 Å².